The fourth-order valence-electron chi connectivity index (χ4n) is 2.37. The van der Waals surface area contributed by atoms with Gasteiger partial charge < -0.3 is 15.7 Å². The maximum Gasteiger partial charge on any atom is 0.268 e. The normalized spacial score (nSPS) is 15.9. The zero-order valence-electron chi connectivity index (χ0n) is 14.6. The molecule has 0 spiro atoms. The van der Waals surface area contributed by atoms with Crippen LogP contribution in [-0.4, -0.2) is 46.5 Å². The second kappa shape index (κ2) is 8.24. The van der Waals surface area contributed by atoms with Crippen LogP contribution in [0, 0.1) is 30.9 Å². The van der Waals surface area contributed by atoms with Gasteiger partial charge in [0.1, 0.15) is 28.4 Å². The first kappa shape index (κ1) is 20.5. The lowest BCUT2D eigenvalue weighted by Crippen LogP contribution is -2.24. The highest BCUT2D eigenvalue weighted by molar-refractivity contribution is 7.15. The van der Waals surface area contributed by atoms with E-state index in [1.807, 2.05) is 0 Å². The van der Waals surface area contributed by atoms with Crippen LogP contribution in [0.2, 0.25) is 0 Å². The van der Waals surface area contributed by atoms with Crippen LogP contribution in [0.1, 0.15) is 27.3 Å². The summed E-state index contributed by atoms with van der Waals surface area (Å²) in [5.74, 6) is -0.326. The number of carbonyl (C=O) groups excluding carboxylic acids is 2. The van der Waals surface area contributed by atoms with Crippen molar-refractivity contribution in [3.05, 3.63) is 39.9 Å². The molecule has 6 nitrogen and oxygen atoms in total. The van der Waals surface area contributed by atoms with Crippen LogP contribution in [0.15, 0.2) is 12.1 Å². The number of nitrogens with zero attached hydrogens (tertiary/aromatic N) is 2. The molecule has 2 amide bonds. The van der Waals surface area contributed by atoms with Crippen molar-refractivity contribution in [2.24, 2.45) is 5.73 Å². The summed E-state index contributed by atoms with van der Waals surface area (Å²) in [7, 11) is 1.69. The van der Waals surface area contributed by atoms with E-state index in [1.54, 1.807) is 14.0 Å². The molecule has 1 aromatic carbocycles. The van der Waals surface area contributed by atoms with E-state index >= 15 is 0 Å². The van der Waals surface area contributed by atoms with Gasteiger partial charge in [0.15, 0.2) is 0 Å². The van der Waals surface area contributed by atoms with Crippen molar-refractivity contribution in [2.45, 2.75) is 19.4 Å². The number of rotatable bonds is 2. The highest BCUT2D eigenvalue weighted by Crippen LogP contribution is 2.31. The number of hydrogen-bond acceptors (Lipinski definition) is 5. The van der Waals surface area contributed by atoms with Gasteiger partial charge >= 0.3 is 0 Å². The summed E-state index contributed by atoms with van der Waals surface area (Å²) in [6.45, 7) is 2.34. The zero-order valence-corrected chi connectivity index (χ0v) is 15.4. The molecule has 0 saturated carbocycles. The third-order valence-electron chi connectivity index (χ3n) is 3.87. The fourth-order valence-corrected chi connectivity index (χ4v) is 3.30. The smallest absolute Gasteiger partial charge is 0.268 e. The minimum Gasteiger partial charge on any atom is -0.383 e. The van der Waals surface area contributed by atoms with Crippen LogP contribution in [0.3, 0.4) is 0 Å². The standard InChI is InChI=1S/C13H8F2N2OS.C5H9NO2/c1-3-7-4-8(10(15)5-9(7)14)13-17-11(12(16)18)6(2)19-13;1-6-3-2-4(7)5(6)8/h1,4-5H,2H3,(H2,16,18);4,7H,2-3H2,1H3. The Bertz CT molecular complexity index is 925. The number of amides is 2. The number of aliphatic hydroxyl groups excluding tert-OH is 1. The maximum absolute atomic E-state index is 13.7. The third kappa shape index (κ3) is 4.48. The maximum atomic E-state index is 13.7. The first-order chi connectivity index (χ1) is 12.6. The largest absolute Gasteiger partial charge is 0.383 e. The quantitative estimate of drug-likeness (QED) is 0.759. The highest BCUT2D eigenvalue weighted by atomic mass is 32.1. The molecule has 2 aromatic rings. The SMILES string of the molecule is C#Cc1cc(-c2nc(C(N)=O)c(C)s2)c(F)cc1F.CN1CCC(O)C1=O. The molecule has 27 heavy (non-hydrogen) atoms. The van der Waals surface area contributed by atoms with Crippen molar-refractivity contribution in [2.75, 3.05) is 13.6 Å². The number of benzene rings is 1. The summed E-state index contributed by atoms with van der Waals surface area (Å²) in [6, 6.07) is 1.89. The molecule has 9 heteroatoms. The molecule has 1 aliphatic rings. The predicted octanol–water partition coefficient (Wildman–Crippen LogP) is 1.69. The Kier molecular flexibility index (Phi) is 6.25. The minimum atomic E-state index is -0.813. The average molecular weight is 393 g/mol. The number of halogens is 2. The van der Waals surface area contributed by atoms with Gasteiger partial charge in [-0.25, -0.2) is 13.8 Å². The van der Waals surface area contributed by atoms with Crippen LogP contribution in [-0.2, 0) is 4.79 Å². The van der Waals surface area contributed by atoms with Crippen LogP contribution >= 0.6 is 11.3 Å². The molecule has 1 fully saturated rings. The Labute approximate surface area is 158 Å². The van der Waals surface area contributed by atoms with Gasteiger partial charge in [-0.2, -0.15) is 0 Å². The molecular formula is C18H17F2N3O3S. The molecule has 1 saturated heterocycles. The molecular weight excluding hydrogens is 376 g/mol. The Morgan fingerprint density at radius 2 is 2.11 bits per heavy atom. The van der Waals surface area contributed by atoms with Gasteiger partial charge in [-0.05, 0) is 19.4 Å². The molecule has 3 N–H and O–H groups in total. The van der Waals surface area contributed by atoms with Crippen molar-refractivity contribution in [1.82, 2.24) is 9.88 Å². The number of nitrogens with two attached hydrogens (primary N) is 1. The van der Waals surface area contributed by atoms with Crippen molar-refractivity contribution >= 4 is 23.2 Å². The topological polar surface area (TPSA) is 96.5 Å². The molecule has 2 heterocycles. The summed E-state index contributed by atoms with van der Waals surface area (Å²) in [4.78, 5) is 27.7. The summed E-state index contributed by atoms with van der Waals surface area (Å²) in [6.07, 6.45) is 5.00. The molecule has 142 valence electrons. The monoisotopic (exact) mass is 393 g/mol. The number of likely N-dealkylation sites (N-methyl/N-ethyl adjacent to an activating group) is 1. The van der Waals surface area contributed by atoms with E-state index in [-0.39, 0.29) is 27.7 Å². The molecule has 0 aliphatic carbocycles. The van der Waals surface area contributed by atoms with Gasteiger partial charge in [-0.3, -0.25) is 9.59 Å². The summed E-state index contributed by atoms with van der Waals surface area (Å²) in [5, 5.41) is 9.01. The zero-order chi connectivity index (χ0) is 20.3. The van der Waals surface area contributed by atoms with E-state index in [4.69, 9.17) is 17.3 Å². The molecule has 1 atom stereocenters. The van der Waals surface area contributed by atoms with Crippen molar-refractivity contribution in [1.29, 1.82) is 0 Å². The van der Waals surface area contributed by atoms with Gasteiger partial charge in [-0.15, -0.1) is 17.8 Å². The molecule has 1 unspecified atom stereocenters. The Hall–Kier alpha value is -2.83. The van der Waals surface area contributed by atoms with Crippen LogP contribution in [0.4, 0.5) is 8.78 Å². The molecule has 0 radical (unpaired) electrons. The number of aryl methyl sites for hydroxylation is 1. The van der Waals surface area contributed by atoms with E-state index in [9.17, 15) is 18.4 Å². The first-order valence-corrected chi connectivity index (χ1v) is 8.63. The minimum absolute atomic E-state index is 0.0509. The van der Waals surface area contributed by atoms with Crippen LogP contribution < -0.4 is 5.73 Å². The second-order valence-corrected chi connectivity index (χ2v) is 7.01. The molecule has 1 aromatic heterocycles. The lowest BCUT2D eigenvalue weighted by molar-refractivity contribution is -0.133. The van der Waals surface area contributed by atoms with E-state index in [2.05, 4.69) is 10.9 Å². The Morgan fingerprint density at radius 1 is 1.44 bits per heavy atom. The van der Waals surface area contributed by atoms with E-state index in [0.29, 0.717) is 23.9 Å². The van der Waals surface area contributed by atoms with Gasteiger partial charge in [0, 0.05) is 30.1 Å². The van der Waals surface area contributed by atoms with E-state index in [1.165, 1.54) is 11.0 Å². The van der Waals surface area contributed by atoms with E-state index in [0.717, 1.165) is 11.3 Å². The number of terminal acetylenes is 1. The van der Waals surface area contributed by atoms with Crippen LogP contribution in [0.5, 0.6) is 0 Å². The molecule has 0 bridgehead atoms. The summed E-state index contributed by atoms with van der Waals surface area (Å²) in [5.41, 5.74) is 5.20. The Morgan fingerprint density at radius 3 is 2.52 bits per heavy atom. The number of likely N-dealkylation sites (tertiary alicyclic amines) is 1. The Balaban J connectivity index is 0.000000273. The number of thiazole rings is 1. The van der Waals surface area contributed by atoms with Gasteiger partial charge in [-0.1, -0.05) is 5.92 Å². The first-order valence-electron chi connectivity index (χ1n) is 7.82. The molecule has 1 aliphatic heterocycles. The van der Waals surface area contributed by atoms with Gasteiger partial charge in [0.05, 0.1) is 5.56 Å². The number of aromatic nitrogens is 1. The number of primary amides is 1. The average Bonchev–Trinajstić information content (AvgIpc) is 3.13. The van der Waals surface area contributed by atoms with E-state index < -0.39 is 23.6 Å². The lowest BCUT2D eigenvalue weighted by atomic mass is 10.1. The number of aliphatic hydroxyl groups is 1. The summed E-state index contributed by atoms with van der Waals surface area (Å²) >= 11 is 1.09. The number of hydrogen-bond donors (Lipinski definition) is 2. The summed E-state index contributed by atoms with van der Waals surface area (Å²) < 4.78 is 27.0. The predicted molar refractivity (Wildman–Crippen MR) is 96.9 cm³/mol. The highest BCUT2D eigenvalue weighted by Gasteiger charge is 2.26. The number of carbonyl (C=O) groups is 2. The third-order valence-corrected chi connectivity index (χ3v) is 4.88. The fraction of sp³-hybridized carbons (Fsp3) is 0.278. The van der Waals surface area contributed by atoms with Crippen molar-refractivity contribution in [3.63, 3.8) is 0 Å². The van der Waals surface area contributed by atoms with Crippen LogP contribution in [0.25, 0.3) is 10.6 Å². The van der Waals surface area contributed by atoms with Gasteiger partial charge in [0.2, 0.25) is 0 Å². The van der Waals surface area contributed by atoms with Crippen molar-refractivity contribution in [3.8, 4) is 22.9 Å². The van der Waals surface area contributed by atoms with Gasteiger partial charge in [0.25, 0.3) is 11.8 Å². The second-order valence-electron chi connectivity index (χ2n) is 5.81. The van der Waals surface area contributed by atoms with Crippen molar-refractivity contribution < 1.29 is 23.5 Å². The molecule has 3 rings (SSSR count). The lowest BCUT2D eigenvalue weighted by Gasteiger charge is -2.04.